The van der Waals surface area contributed by atoms with Crippen LogP contribution in [-0.2, 0) is 0 Å². The normalized spacial score (nSPS) is 22.3. The summed E-state index contributed by atoms with van der Waals surface area (Å²) in [5.74, 6) is 1.84. The number of nitrogens with zero attached hydrogens (tertiary/aromatic N) is 4. The Kier molecular flexibility index (Phi) is 3.78. The molecule has 7 heteroatoms. The van der Waals surface area contributed by atoms with Crippen molar-refractivity contribution in [1.82, 2.24) is 19.9 Å². The monoisotopic (exact) mass is 339 g/mol. The lowest BCUT2D eigenvalue weighted by molar-refractivity contribution is 0.0782. The summed E-state index contributed by atoms with van der Waals surface area (Å²) in [6, 6.07) is 3.03. The van der Waals surface area contributed by atoms with Gasteiger partial charge in [-0.05, 0) is 19.9 Å². The van der Waals surface area contributed by atoms with Gasteiger partial charge in [-0.3, -0.25) is 9.59 Å². The van der Waals surface area contributed by atoms with Gasteiger partial charge in [-0.2, -0.15) is 0 Å². The molecule has 1 N–H and O–H groups in total. The Morgan fingerprint density at radius 2 is 1.88 bits per heavy atom. The van der Waals surface area contributed by atoms with Crippen LogP contribution >= 0.6 is 0 Å². The maximum absolute atomic E-state index is 12.6. The van der Waals surface area contributed by atoms with Crippen molar-refractivity contribution >= 4 is 11.7 Å². The molecule has 4 rings (SSSR count). The fourth-order valence-electron chi connectivity index (χ4n) is 3.94. The summed E-state index contributed by atoms with van der Waals surface area (Å²) in [6.45, 7) is 7.33. The summed E-state index contributed by atoms with van der Waals surface area (Å²) in [7, 11) is 0. The lowest BCUT2D eigenvalue weighted by Gasteiger charge is -2.24. The van der Waals surface area contributed by atoms with Crippen LogP contribution < -0.4 is 10.5 Å². The highest BCUT2D eigenvalue weighted by molar-refractivity contribution is 5.94. The third-order valence-corrected chi connectivity index (χ3v) is 5.40. The van der Waals surface area contributed by atoms with Crippen LogP contribution in [0, 0.1) is 25.7 Å². The number of H-pyrrole nitrogens is 1. The van der Waals surface area contributed by atoms with Crippen LogP contribution in [0.1, 0.15) is 21.6 Å². The highest BCUT2D eigenvalue weighted by Gasteiger charge is 2.42. The van der Waals surface area contributed by atoms with E-state index in [9.17, 15) is 9.59 Å². The molecule has 0 saturated carbocycles. The Hall–Kier alpha value is -2.70. The van der Waals surface area contributed by atoms with E-state index in [1.165, 1.54) is 12.3 Å². The zero-order chi connectivity index (χ0) is 17.6. The second kappa shape index (κ2) is 5.98. The van der Waals surface area contributed by atoms with E-state index in [0.29, 0.717) is 17.4 Å². The van der Waals surface area contributed by atoms with E-state index in [1.807, 2.05) is 11.8 Å². The van der Waals surface area contributed by atoms with Crippen molar-refractivity contribution in [3.63, 3.8) is 0 Å². The van der Waals surface area contributed by atoms with E-state index in [-0.39, 0.29) is 11.5 Å². The first-order chi connectivity index (χ1) is 12.0. The minimum absolute atomic E-state index is 0.0545. The number of carbonyl (C=O) groups is 1. The lowest BCUT2D eigenvalue weighted by atomic mass is 10.0. The number of amides is 1. The van der Waals surface area contributed by atoms with E-state index in [2.05, 4.69) is 26.8 Å². The van der Waals surface area contributed by atoms with Gasteiger partial charge >= 0.3 is 0 Å². The molecule has 25 heavy (non-hydrogen) atoms. The molecule has 2 aliphatic rings. The van der Waals surface area contributed by atoms with E-state index in [1.54, 1.807) is 12.4 Å². The number of pyridine rings is 1. The summed E-state index contributed by atoms with van der Waals surface area (Å²) in [5, 5.41) is 0. The second-order valence-electron chi connectivity index (χ2n) is 6.98. The largest absolute Gasteiger partial charge is 0.356 e. The third kappa shape index (κ3) is 2.79. The summed E-state index contributed by atoms with van der Waals surface area (Å²) in [4.78, 5) is 39.5. The number of anilines is 1. The van der Waals surface area contributed by atoms with Gasteiger partial charge in [0.15, 0.2) is 0 Å². The van der Waals surface area contributed by atoms with Gasteiger partial charge in [0.2, 0.25) is 5.56 Å². The number of hydrogen-bond donors (Lipinski definition) is 1. The first-order valence-electron chi connectivity index (χ1n) is 8.54. The average Bonchev–Trinajstić information content (AvgIpc) is 3.15. The van der Waals surface area contributed by atoms with Crippen LogP contribution in [0.5, 0.6) is 0 Å². The van der Waals surface area contributed by atoms with Crippen molar-refractivity contribution in [2.45, 2.75) is 13.8 Å². The fourth-order valence-corrected chi connectivity index (χ4v) is 3.94. The standard InChI is InChI=1S/C18H21N5O2/c1-11-12(2)20-10-21-17(11)22-6-14-8-23(9-15(14)7-22)18(25)13-3-4-19-16(24)5-13/h3-5,10,14-15H,6-9H2,1-2H3,(H,19,24). The van der Waals surface area contributed by atoms with E-state index in [4.69, 9.17) is 0 Å². The van der Waals surface area contributed by atoms with Crippen LogP contribution in [0.15, 0.2) is 29.5 Å². The molecule has 2 atom stereocenters. The minimum Gasteiger partial charge on any atom is -0.356 e. The first kappa shape index (κ1) is 15.8. The van der Waals surface area contributed by atoms with E-state index < -0.39 is 0 Å². The number of aromatic amines is 1. The molecule has 2 aromatic heterocycles. The molecule has 130 valence electrons. The van der Waals surface area contributed by atoms with Gasteiger partial charge in [-0.25, -0.2) is 9.97 Å². The van der Waals surface area contributed by atoms with E-state index in [0.717, 1.165) is 43.3 Å². The summed E-state index contributed by atoms with van der Waals surface area (Å²) >= 11 is 0. The molecule has 0 radical (unpaired) electrons. The smallest absolute Gasteiger partial charge is 0.254 e. The van der Waals surface area contributed by atoms with Gasteiger partial charge < -0.3 is 14.8 Å². The molecule has 2 unspecified atom stereocenters. The third-order valence-electron chi connectivity index (χ3n) is 5.40. The Morgan fingerprint density at radius 3 is 2.56 bits per heavy atom. The fraction of sp³-hybridized carbons (Fsp3) is 0.444. The predicted molar refractivity (Wildman–Crippen MR) is 93.7 cm³/mol. The van der Waals surface area contributed by atoms with Crippen molar-refractivity contribution < 1.29 is 4.79 Å². The van der Waals surface area contributed by atoms with Gasteiger partial charge in [0, 0.05) is 67.1 Å². The molecule has 4 heterocycles. The molecule has 0 bridgehead atoms. The quantitative estimate of drug-likeness (QED) is 0.882. The molecule has 2 aliphatic heterocycles. The van der Waals surface area contributed by atoms with Crippen LogP contribution in [0.2, 0.25) is 0 Å². The van der Waals surface area contributed by atoms with E-state index >= 15 is 0 Å². The zero-order valence-corrected chi connectivity index (χ0v) is 14.4. The molecule has 1 amide bonds. The molecule has 2 saturated heterocycles. The van der Waals surface area contributed by atoms with Gasteiger partial charge in [0.05, 0.1) is 0 Å². The number of fused-ring (bicyclic) bond motifs is 1. The molecule has 0 aliphatic carbocycles. The van der Waals surface area contributed by atoms with Crippen LogP contribution in [0.25, 0.3) is 0 Å². The summed E-state index contributed by atoms with van der Waals surface area (Å²) in [6.07, 6.45) is 3.14. The van der Waals surface area contributed by atoms with Crippen molar-refractivity contribution in [1.29, 1.82) is 0 Å². The number of nitrogens with one attached hydrogen (secondary N) is 1. The van der Waals surface area contributed by atoms with Gasteiger partial charge in [-0.1, -0.05) is 0 Å². The van der Waals surface area contributed by atoms with Crippen LogP contribution in [-0.4, -0.2) is 51.9 Å². The van der Waals surface area contributed by atoms with Crippen LogP contribution in [0.3, 0.4) is 0 Å². The summed E-state index contributed by atoms with van der Waals surface area (Å²) in [5.41, 5.74) is 2.35. The number of rotatable bonds is 2. The second-order valence-corrected chi connectivity index (χ2v) is 6.98. The molecule has 7 nitrogen and oxygen atoms in total. The number of aryl methyl sites for hydroxylation is 1. The SMILES string of the molecule is Cc1ncnc(N2CC3CN(C(=O)c4cc[nH]c(=O)c4)CC3C2)c1C. The van der Waals surface area contributed by atoms with Crippen molar-refractivity contribution in [3.05, 3.63) is 51.8 Å². The van der Waals surface area contributed by atoms with Crippen molar-refractivity contribution in [2.75, 3.05) is 31.1 Å². The first-order valence-corrected chi connectivity index (χ1v) is 8.54. The number of likely N-dealkylation sites (tertiary alicyclic amines) is 1. The molecule has 2 fully saturated rings. The maximum Gasteiger partial charge on any atom is 0.254 e. The molecule has 0 spiro atoms. The zero-order valence-electron chi connectivity index (χ0n) is 14.4. The van der Waals surface area contributed by atoms with Gasteiger partial charge in [0.25, 0.3) is 5.91 Å². The highest BCUT2D eigenvalue weighted by atomic mass is 16.2. The molecular formula is C18H21N5O2. The molecular weight excluding hydrogens is 318 g/mol. The minimum atomic E-state index is -0.244. The Bertz CT molecular complexity index is 864. The summed E-state index contributed by atoms with van der Waals surface area (Å²) < 4.78 is 0. The van der Waals surface area contributed by atoms with Gasteiger partial charge in [-0.15, -0.1) is 0 Å². The maximum atomic E-state index is 12.6. The average molecular weight is 339 g/mol. The number of hydrogen-bond acceptors (Lipinski definition) is 5. The number of aromatic nitrogens is 3. The highest BCUT2D eigenvalue weighted by Crippen LogP contribution is 2.35. The van der Waals surface area contributed by atoms with Crippen LogP contribution in [0.4, 0.5) is 5.82 Å². The molecule has 2 aromatic rings. The Morgan fingerprint density at radius 1 is 1.16 bits per heavy atom. The molecule has 0 aromatic carbocycles. The topological polar surface area (TPSA) is 82.2 Å². The number of carbonyl (C=O) groups excluding carboxylic acids is 1. The predicted octanol–water partition coefficient (Wildman–Crippen LogP) is 0.990. The van der Waals surface area contributed by atoms with Crippen molar-refractivity contribution in [3.8, 4) is 0 Å². The van der Waals surface area contributed by atoms with Crippen molar-refractivity contribution in [2.24, 2.45) is 11.8 Å². The Balaban J connectivity index is 1.46. The Labute approximate surface area is 145 Å². The van der Waals surface area contributed by atoms with Gasteiger partial charge in [0.1, 0.15) is 12.1 Å². The lowest BCUT2D eigenvalue weighted by Crippen LogP contribution is -2.34.